The van der Waals surface area contributed by atoms with E-state index in [-0.39, 0.29) is 59.0 Å². The number of nitrogens with two attached hydrogens (primary N) is 1. The zero-order chi connectivity index (χ0) is 12.7. The molecule has 0 bridgehead atoms. The minimum atomic E-state index is -0.367. The minimum absolute atomic E-state index is 0. The van der Waals surface area contributed by atoms with E-state index < -0.39 is 0 Å². The predicted octanol–water partition coefficient (Wildman–Crippen LogP) is 3.18. The molecule has 0 radical (unpaired) electrons. The molecule has 0 spiro atoms. The van der Waals surface area contributed by atoms with Crippen LogP contribution in [0.5, 0.6) is 11.5 Å². The first-order valence-corrected chi connectivity index (χ1v) is 7.08. The van der Waals surface area contributed by atoms with Crippen molar-refractivity contribution in [2.75, 3.05) is 5.73 Å². The van der Waals surface area contributed by atoms with Crippen LogP contribution in [0.2, 0.25) is 15.1 Å². The van der Waals surface area contributed by atoms with Crippen LogP contribution in [0.15, 0.2) is 6.20 Å². The summed E-state index contributed by atoms with van der Waals surface area (Å²) in [5, 5.41) is 19.2. The maximum atomic E-state index is 9.90. The van der Waals surface area contributed by atoms with Crippen LogP contribution in [0.3, 0.4) is 0 Å². The van der Waals surface area contributed by atoms with Gasteiger partial charge in [-0.1, -0.05) is 0 Å². The fourth-order valence-electron chi connectivity index (χ4n) is 1.26. The van der Waals surface area contributed by atoms with E-state index in [1.165, 1.54) is 6.20 Å². The van der Waals surface area contributed by atoms with Crippen LogP contribution in [0, 0.1) is 0 Å². The number of hydrogen-bond donors (Lipinski definition) is 3. The maximum absolute atomic E-state index is 9.90. The molecule has 2 aromatic rings. The first kappa shape index (κ1) is 15.8. The van der Waals surface area contributed by atoms with Gasteiger partial charge < -0.3 is 0 Å². The number of anilines is 1. The molecule has 4 nitrogen and oxygen atoms in total. The third kappa shape index (κ3) is 2.52. The molecule has 0 aliphatic carbocycles. The van der Waals surface area contributed by atoms with Crippen LogP contribution in [0.25, 0.3) is 10.0 Å². The molecule has 0 fully saturated rings. The van der Waals surface area contributed by atoms with Gasteiger partial charge in [-0.2, -0.15) is 0 Å². The molecule has 1 aromatic heterocycles. The summed E-state index contributed by atoms with van der Waals surface area (Å²) in [7, 11) is 0. The first-order chi connectivity index (χ1) is 7.93. The number of nitrogen functional groups attached to an aromatic ring is 1. The summed E-state index contributed by atoms with van der Waals surface area (Å²) in [4.78, 5) is 3.89. The zero-order valence-electron chi connectivity index (χ0n) is 8.45. The van der Waals surface area contributed by atoms with Crippen LogP contribution in [-0.4, -0.2) is 29.7 Å². The van der Waals surface area contributed by atoms with Gasteiger partial charge in [0.1, 0.15) is 0 Å². The van der Waals surface area contributed by atoms with E-state index in [0.717, 1.165) is 0 Å². The molecule has 0 atom stereocenters. The quantitative estimate of drug-likeness (QED) is 0.394. The standard InChI is InChI=1S/C9H5Cl3N2O2Se.ClH/c10-4-3(2-1-14-9(13)17-2)7(15)5(11)6(12)8(4)16;/h1,15-16H,(H2,13,14);1H. The number of aromatic hydroxyl groups is 2. The van der Waals surface area contributed by atoms with Crippen molar-refractivity contribution in [1.82, 2.24) is 4.98 Å². The summed E-state index contributed by atoms with van der Waals surface area (Å²) in [6, 6.07) is 0. The molecule has 0 saturated carbocycles. The van der Waals surface area contributed by atoms with Gasteiger partial charge in [0.2, 0.25) is 0 Å². The van der Waals surface area contributed by atoms with Crippen LogP contribution >= 0.6 is 47.2 Å². The SMILES string of the molecule is Cl.Nc1ncc(-c2c(O)c(Cl)c(Cl)c(O)c2Cl)[se]1. The Morgan fingerprint density at radius 2 is 1.61 bits per heavy atom. The molecule has 1 heterocycles. The summed E-state index contributed by atoms with van der Waals surface area (Å²) >= 11 is 17.2. The van der Waals surface area contributed by atoms with Crippen molar-refractivity contribution >= 4 is 66.4 Å². The molecule has 0 aliphatic heterocycles. The Morgan fingerprint density at radius 3 is 2.11 bits per heavy atom. The van der Waals surface area contributed by atoms with Gasteiger partial charge in [-0.15, -0.1) is 12.4 Å². The summed E-state index contributed by atoms with van der Waals surface area (Å²) < 4.78 is 1.08. The van der Waals surface area contributed by atoms with Crippen molar-refractivity contribution in [3.63, 3.8) is 0 Å². The molecule has 4 N–H and O–H groups in total. The van der Waals surface area contributed by atoms with Crippen LogP contribution in [0.4, 0.5) is 4.69 Å². The molecular weight excluding hydrogens is 389 g/mol. The van der Waals surface area contributed by atoms with Crippen LogP contribution in [0.1, 0.15) is 0 Å². The molecule has 0 amide bonds. The van der Waals surface area contributed by atoms with Crippen LogP contribution in [-0.2, 0) is 0 Å². The van der Waals surface area contributed by atoms with E-state index in [1.807, 2.05) is 0 Å². The summed E-state index contributed by atoms with van der Waals surface area (Å²) in [5.74, 6) is -0.647. The van der Waals surface area contributed by atoms with Crippen LogP contribution < -0.4 is 5.73 Å². The van der Waals surface area contributed by atoms with E-state index >= 15 is 0 Å². The van der Waals surface area contributed by atoms with Gasteiger partial charge >= 0.3 is 118 Å². The summed E-state index contributed by atoms with van der Waals surface area (Å²) in [6.45, 7) is 0. The summed E-state index contributed by atoms with van der Waals surface area (Å²) in [6.07, 6.45) is 1.49. The summed E-state index contributed by atoms with van der Waals surface area (Å²) in [5.41, 5.74) is 5.77. The van der Waals surface area contributed by atoms with Gasteiger partial charge in [-0.3, -0.25) is 0 Å². The Morgan fingerprint density at radius 1 is 1.06 bits per heavy atom. The second-order valence-electron chi connectivity index (χ2n) is 3.08. The van der Waals surface area contributed by atoms with Crippen molar-refractivity contribution in [2.24, 2.45) is 0 Å². The normalized spacial score (nSPS) is 10.2. The predicted molar refractivity (Wildman–Crippen MR) is 76.6 cm³/mol. The Kier molecular flexibility index (Phi) is 5.06. The average Bonchev–Trinajstić information content (AvgIpc) is 2.71. The van der Waals surface area contributed by atoms with Crippen molar-refractivity contribution in [2.45, 2.75) is 0 Å². The van der Waals surface area contributed by atoms with Gasteiger partial charge in [-0.05, 0) is 0 Å². The Balaban J connectivity index is 0.00000162. The first-order valence-electron chi connectivity index (χ1n) is 4.23. The van der Waals surface area contributed by atoms with Crippen molar-refractivity contribution in [3.8, 4) is 21.5 Å². The molecule has 9 heteroatoms. The number of nitrogens with zero attached hydrogens (tertiary/aromatic N) is 1. The molecule has 1 aromatic carbocycles. The van der Waals surface area contributed by atoms with Crippen molar-refractivity contribution in [3.05, 3.63) is 21.3 Å². The number of benzene rings is 1. The number of halogens is 4. The van der Waals surface area contributed by atoms with E-state index in [9.17, 15) is 10.2 Å². The number of phenols is 2. The Bertz CT molecular complexity index is 573. The second-order valence-corrected chi connectivity index (χ2v) is 6.44. The van der Waals surface area contributed by atoms with Gasteiger partial charge in [0.05, 0.1) is 0 Å². The third-order valence-electron chi connectivity index (χ3n) is 2.04. The zero-order valence-corrected chi connectivity index (χ0v) is 13.2. The fourth-order valence-corrected chi connectivity index (χ4v) is 3.64. The van der Waals surface area contributed by atoms with Crippen molar-refractivity contribution < 1.29 is 10.2 Å². The van der Waals surface area contributed by atoms with E-state index in [0.29, 0.717) is 9.13 Å². The number of phenolic OH excluding ortho intramolecular Hbond substituents is 2. The Labute approximate surface area is 129 Å². The molecule has 98 valence electrons. The van der Waals surface area contributed by atoms with E-state index in [1.54, 1.807) is 0 Å². The number of rotatable bonds is 1. The van der Waals surface area contributed by atoms with Gasteiger partial charge in [0, 0.05) is 0 Å². The molecular formula is C9H6Cl4N2O2Se. The van der Waals surface area contributed by atoms with Gasteiger partial charge in [0.15, 0.2) is 0 Å². The monoisotopic (exact) mass is 394 g/mol. The molecule has 0 aliphatic rings. The fraction of sp³-hybridized carbons (Fsp3) is 0. The van der Waals surface area contributed by atoms with E-state index in [2.05, 4.69) is 4.98 Å². The van der Waals surface area contributed by atoms with Gasteiger partial charge in [0.25, 0.3) is 0 Å². The molecule has 0 saturated heterocycles. The van der Waals surface area contributed by atoms with Crippen molar-refractivity contribution in [1.29, 1.82) is 0 Å². The van der Waals surface area contributed by atoms with E-state index in [4.69, 9.17) is 40.5 Å². The topological polar surface area (TPSA) is 79.4 Å². The average molecular weight is 395 g/mol. The third-order valence-corrected chi connectivity index (χ3v) is 5.01. The molecule has 0 unspecified atom stereocenters. The molecule has 2 rings (SSSR count). The number of hydrogen-bond acceptors (Lipinski definition) is 4. The van der Waals surface area contributed by atoms with Gasteiger partial charge in [-0.25, -0.2) is 0 Å². The molecule has 18 heavy (non-hydrogen) atoms. The Hall–Kier alpha value is -0.291. The number of aromatic nitrogens is 1. The second kappa shape index (κ2) is 5.78.